The number of imidazole rings is 1. The number of thiol groups is 1. The number of alkyl carbamates (subject to hydrolysis) is 1. The van der Waals surface area contributed by atoms with Gasteiger partial charge in [-0.1, -0.05) is 117 Å². The number of rotatable bonds is 18. The number of aromatic amines is 1. The van der Waals surface area contributed by atoms with Crippen molar-refractivity contribution in [1.29, 1.82) is 0 Å². The average molecular weight is 750 g/mol. The molecule has 0 radical (unpaired) electrons. The highest BCUT2D eigenvalue weighted by Gasteiger charge is 2.32. The van der Waals surface area contributed by atoms with E-state index in [0.717, 1.165) is 27.5 Å². The predicted molar refractivity (Wildman–Crippen MR) is 210 cm³/mol. The van der Waals surface area contributed by atoms with Crippen LogP contribution in [0.5, 0.6) is 0 Å². The number of esters is 1. The number of ether oxygens (including phenoxy) is 2. The number of H-pyrrole nitrogens is 1. The summed E-state index contributed by atoms with van der Waals surface area (Å²) in [6.45, 7) is 4.17. The first-order chi connectivity index (χ1) is 26.1. The maximum absolute atomic E-state index is 14.2. The van der Waals surface area contributed by atoms with Crippen LogP contribution in [-0.4, -0.2) is 57.2 Å². The zero-order valence-corrected chi connectivity index (χ0v) is 31.3. The van der Waals surface area contributed by atoms with Crippen molar-refractivity contribution in [1.82, 2.24) is 25.9 Å². The summed E-state index contributed by atoms with van der Waals surface area (Å²) in [5, 5.41) is 10.0. The normalized spacial score (nSPS) is 13.3. The summed E-state index contributed by atoms with van der Waals surface area (Å²) >= 11 is 4.74. The molecule has 54 heavy (non-hydrogen) atoms. The van der Waals surface area contributed by atoms with Crippen molar-refractivity contribution in [3.8, 4) is 0 Å². The van der Waals surface area contributed by atoms with Crippen LogP contribution < -0.4 is 16.0 Å². The predicted octanol–water partition coefficient (Wildman–Crippen LogP) is 6.09. The minimum absolute atomic E-state index is 0.0153. The van der Waals surface area contributed by atoms with Crippen molar-refractivity contribution in [3.05, 3.63) is 138 Å². The van der Waals surface area contributed by atoms with Crippen molar-refractivity contribution < 1.29 is 28.7 Å². The lowest BCUT2D eigenvalue weighted by Crippen LogP contribution is -2.57. The smallest absolute Gasteiger partial charge is 0.408 e. The quantitative estimate of drug-likeness (QED) is 0.0538. The molecule has 0 bridgehead atoms. The number of amides is 3. The molecule has 0 spiro atoms. The Hall–Kier alpha value is -5.62. The minimum Gasteiger partial charge on any atom is -0.461 e. The zero-order chi connectivity index (χ0) is 38.3. The molecule has 5 aromatic rings. The van der Waals surface area contributed by atoms with Crippen molar-refractivity contribution in [2.24, 2.45) is 5.92 Å². The van der Waals surface area contributed by atoms with Crippen molar-refractivity contribution >= 4 is 47.3 Å². The Morgan fingerprint density at radius 3 is 2.00 bits per heavy atom. The first kappa shape index (κ1) is 39.6. The van der Waals surface area contributed by atoms with Gasteiger partial charge in [-0.2, -0.15) is 12.6 Å². The fourth-order valence-corrected chi connectivity index (χ4v) is 6.46. The van der Waals surface area contributed by atoms with Crippen LogP contribution in [0.25, 0.3) is 10.8 Å². The molecule has 12 heteroatoms. The highest BCUT2D eigenvalue weighted by atomic mass is 32.1. The number of carbonyl (C=O) groups is 4. The number of hydrogen-bond donors (Lipinski definition) is 5. The standard InChI is InChI=1S/C42H47N5O6S/c1-28(2)20-35(38(54)23-39(48)52-25-29-12-5-3-6-13-29)45-41(50)37(22-33-24-43-27-44-33)46-40(49)36(47-42(51)53-26-30-14-7-4-8-15-30)21-32-18-11-17-31-16-9-10-19-34(31)32/h3-19,24,27-28,35-38,54H,20-23,25-26H2,1-2H3,(H,43,44)(H,45,50)(H,46,49)(H,47,51)/t35-,36-,37?,38-/m0/s1. The van der Waals surface area contributed by atoms with Gasteiger partial charge in [0.15, 0.2) is 0 Å². The van der Waals surface area contributed by atoms with Gasteiger partial charge < -0.3 is 30.4 Å². The van der Waals surface area contributed by atoms with Gasteiger partial charge in [-0.3, -0.25) is 14.4 Å². The van der Waals surface area contributed by atoms with Crippen LogP contribution in [0, 0.1) is 5.92 Å². The molecule has 1 unspecified atom stereocenters. The second-order valence-electron chi connectivity index (χ2n) is 13.6. The molecule has 0 aliphatic carbocycles. The largest absolute Gasteiger partial charge is 0.461 e. The summed E-state index contributed by atoms with van der Waals surface area (Å²) in [6, 6.07) is 29.5. The number of fused-ring (bicyclic) bond motifs is 1. The zero-order valence-electron chi connectivity index (χ0n) is 30.4. The van der Waals surface area contributed by atoms with Gasteiger partial charge in [0.25, 0.3) is 0 Å². The molecule has 4 aromatic carbocycles. The molecule has 0 aliphatic heterocycles. The molecule has 0 saturated carbocycles. The molecule has 5 rings (SSSR count). The van der Waals surface area contributed by atoms with E-state index in [1.165, 1.54) is 6.33 Å². The summed E-state index contributed by atoms with van der Waals surface area (Å²) in [7, 11) is 0. The number of nitrogens with one attached hydrogen (secondary N) is 4. The van der Waals surface area contributed by atoms with E-state index in [0.29, 0.717) is 12.1 Å². The second-order valence-corrected chi connectivity index (χ2v) is 14.3. The summed E-state index contributed by atoms with van der Waals surface area (Å²) in [6.07, 6.45) is 3.04. The third kappa shape index (κ3) is 12.2. The van der Waals surface area contributed by atoms with Crippen LogP contribution in [-0.2, 0) is 49.9 Å². The molecule has 0 saturated heterocycles. The van der Waals surface area contributed by atoms with Crippen LogP contribution in [0.3, 0.4) is 0 Å². The van der Waals surface area contributed by atoms with Crippen LogP contribution >= 0.6 is 12.6 Å². The molecule has 0 fully saturated rings. The molecule has 4 N–H and O–H groups in total. The first-order valence-electron chi connectivity index (χ1n) is 18.0. The highest BCUT2D eigenvalue weighted by Crippen LogP contribution is 2.21. The van der Waals surface area contributed by atoms with E-state index >= 15 is 0 Å². The third-order valence-corrected chi connectivity index (χ3v) is 9.40. The van der Waals surface area contributed by atoms with Crippen molar-refractivity contribution in [2.45, 2.75) is 76.1 Å². The second kappa shape index (κ2) is 20.0. The Morgan fingerprint density at radius 2 is 1.33 bits per heavy atom. The summed E-state index contributed by atoms with van der Waals surface area (Å²) < 4.78 is 11.0. The van der Waals surface area contributed by atoms with Gasteiger partial charge >= 0.3 is 12.1 Å². The minimum atomic E-state index is -1.10. The number of hydrogen-bond acceptors (Lipinski definition) is 8. The Bertz CT molecular complexity index is 1950. The van der Waals surface area contributed by atoms with Crippen molar-refractivity contribution in [3.63, 3.8) is 0 Å². The number of nitrogens with zero attached hydrogens (tertiary/aromatic N) is 1. The summed E-state index contributed by atoms with van der Waals surface area (Å²) in [4.78, 5) is 61.5. The van der Waals surface area contributed by atoms with Crippen LogP contribution in [0.15, 0.2) is 116 Å². The molecular weight excluding hydrogens is 703 g/mol. The molecule has 1 heterocycles. The van der Waals surface area contributed by atoms with E-state index in [-0.39, 0.29) is 38.4 Å². The molecule has 0 aliphatic rings. The van der Waals surface area contributed by atoms with Crippen LogP contribution in [0.4, 0.5) is 4.79 Å². The number of benzene rings is 4. The molecule has 1 aromatic heterocycles. The van der Waals surface area contributed by atoms with Gasteiger partial charge in [-0.05, 0) is 39.8 Å². The van der Waals surface area contributed by atoms with E-state index < -0.39 is 47.3 Å². The Labute approximate surface area is 321 Å². The highest BCUT2D eigenvalue weighted by molar-refractivity contribution is 7.81. The van der Waals surface area contributed by atoms with E-state index in [1.54, 1.807) is 6.20 Å². The van der Waals surface area contributed by atoms with Gasteiger partial charge in [0.1, 0.15) is 25.3 Å². The van der Waals surface area contributed by atoms with E-state index in [1.807, 2.05) is 117 Å². The lowest BCUT2D eigenvalue weighted by atomic mass is 9.97. The van der Waals surface area contributed by atoms with E-state index in [9.17, 15) is 19.2 Å². The molecule has 3 amide bonds. The van der Waals surface area contributed by atoms with Crippen LogP contribution in [0.2, 0.25) is 0 Å². The molecule has 11 nitrogen and oxygen atoms in total. The number of aromatic nitrogens is 2. The Kier molecular flexibility index (Phi) is 14.7. The monoisotopic (exact) mass is 749 g/mol. The van der Waals surface area contributed by atoms with E-state index in [2.05, 4.69) is 25.9 Å². The van der Waals surface area contributed by atoms with Crippen LogP contribution in [0.1, 0.15) is 49.1 Å². The number of carbonyl (C=O) groups excluding carboxylic acids is 4. The molecule has 4 atom stereocenters. The van der Waals surface area contributed by atoms with E-state index in [4.69, 9.17) is 22.1 Å². The maximum Gasteiger partial charge on any atom is 0.408 e. The maximum atomic E-state index is 14.2. The van der Waals surface area contributed by atoms with Gasteiger partial charge in [0.2, 0.25) is 11.8 Å². The molecule has 282 valence electrons. The van der Waals surface area contributed by atoms with Gasteiger partial charge in [0.05, 0.1) is 18.4 Å². The lowest BCUT2D eigenvalue weighted by Gasteiger charge is -2.29. The summed E-state index contributed by atoms with van der Waals surface area (Å²) in [5.74, 6) is -1.35. The third-order valence-electron chi connectivity index (χ3n) is 8.86. The molecular formula is C42H47N5O6S. The van der Waals surface area contributed by atoms with Gasteiger partial charge in [-0.15, -0.1) is 0 Å². The Morgan fingerprint density at radius 1 is 0.722 bits per heavy atom. The average Bonchev–Trinajstić information content (AvgIpc) is 3.69. The van der Waals surface area contributed by atoms with Gasteiger partial charge in [-0.25, -0.2) is 9.78 Å². The lowest BCUT2D eigenvalue weighted by molar-refractivity contribution is -0.145. The van der Waals surface area contributed by atoms with Crippen molar-refractivity contribution in [2.75, 3.05) is 0 Å². The first-order valence-corrected chi connectivity index (χ1v) is 18.6. The Balaban J connectivity index is 1.32. The summed E-state index contributed by atoms with van der Waals surface area (Å²) in [5.41, 5.74) is 3.03. The van der Waals surface area contributed by atoms with Gasteiger partial charge in [0, 0.05) is 30.3 Å². The topological polar surface area (TPSA) is 152 Å². The fourth-order valence-electron chi connectivity index (χ4n) is 6.11. The fraction of sp³-hybridized carbons (Fsp3) is 0.310. The SMILES string of the molecule is CC(C)C[C@H](NC(=O)C(Cc1c[nH]cn1)NC(=O)[C@H](Cc1cccc2ccccc12)NC(=O)OCc1ccccc1)[C@@H](S)CC(=O)OCc1ccccc1.